The van der Waals surface area contributed by atoms with Crippen LogP contribution in [0.4, 0.5) is 29.1 Å². The average Bonchev–Trinajstić information content (AvgIpc) is 3.43. The van der Waals surface area contributed by atoms with Crippen molar-refractivity contribution in [2.45, 2.75) is 19.6 Å². The molecule has 2 N–H and O–H groups in total. The maximum Gasteiger partial charge on any atom is 0.435 e. The molecule has 5 heterocycles. The highest BCUT2D eigenvalue weighted by atomic mass is 19.4. The van der Waals surface area contributed by atoms with Gasteiger partial charge in [-0.1, -0.05) is 5.92 Å². The van der Waals surface area contributed by atoms with Crippen molar-refractivity contribution < 1.29 is 27.2 Å². The molecule has 3 aromatic heterocycles. The fraction of sp³-hybridized carbons (Fsp3) is 0.387. The van der Waals surface area contributed by atoms with Crippen molar-refractivity contribution >= 4 is 29.0 Å². The number of piperidine rings is 1. The molecule has 2 saturated heterocycles. The van der Waals surface area contributed by atoms with E-state index in [2.05, 4.69) is 31.6 Å². The SMILES string of the molecule is C#CCn1cc(-c2cnc3c(Nc4cc(C)c(C(=O)N5CCN(C(=O)[C@H]6[C@@H]7CNC[C@@H]76)CC5)c(F)c4)nccn23)c(C(F)(F)F)n1. The van der Waals surface area contributed by atoms with Gasteiger partial charge in [-0.3, -0.25) is 18.7 Å². The van der Waals surface area contributed by atoms with Crippen molar-refractivity contribution in [2.24, 2.45) is 17.8 Å². The Balaban J connectivity index is 1.08. The number of imidazole rings is 1. The lowest BCUT2D eigenvalue weighted by atomic mass is 10.0. The van der Waals surface area contributed by atoms with Gasteiger partial charge in [0.1, 0.15) is 12.4 Å². The first-order valence-electron chi connectivity index (χ1n) is 14.8. The molecule has 4 aromatic rings. The minimum absolute atomic E-state index is 0.0638. The summed E-state index contributed by atoms with van der Waals surface area (Å²) in [4.78, 5) is 38.2. The zero-order valence-electron chi connectivity index (χ0n) is 24.7. The van der Waals surface area contributed by atoms with Crippen LogP contribution >= 0.6 is 0 Å². The Kier molecular flexibility index (Phi) is 7.19. The predicted molar refractivity (Wildman–Crippen MR) is 158 cm³/mol. The maximum atomic E-state index is 15.5. The summed E-state index contributed by atoms with van der Waals surface area (Å²) in [5.74, 6) is 2.30. The van der Waals surface area contributed by atoms with Crippen LogP contribution in [0.3, 0.4) is 0 Å². The molecule has 1 aliphatic carbocycles. The number of aryl methyl sites for hydroxylation is 1. The molecule has 0 unspecified atom stereocenters. The molecule has 1 saturated carbocycles. The van der Waals surface area contributed by atoms with E-state index in [-0.39, 0.29) is 52.3 Å². The van der Waals surface area contributed by atoms with Gasteiger partial charge in [-0.2, -0.15) is 18.3 Å². The Hall–Kier alpha value is -4.97. The lowest BCUT2D eigenvalue weighted by molar-refractivity contribution is -0.141. The number of hydrogen-bond donors (Lipinski definition) is 2. The van der Waals surface area contributed by atoms with E-state index in [0.29, 0.717) is 43.6 Å². The molecule has 0 spiro atoms. The van der Waals surface area contributed by atoms with Crippen LogP contribution in [0.25, 0.3) is 16.9 Å². The van der Waals surface area contributed by atoms with Crippen molar-refractivity contribution in [3.8, 4) is 23.6 Å². The molecule has 15 heteroatoms. The molecular weight excluding hydrogens is 606 g/mol. The topological polar surface area (TPSA) is 113 Å². The number of carbonyl (C=O) groups is 2. The summed E-state index contributed by atoms with van der Waals surface area (Å²) in [7, 11) is 0. The van der Waals surface area contributed by atoms with E-state index in [4.69, 9.17) is 6.42 Å². The number of nitrogens with one attached hydrogen (secondary N) is 2. The minimum atomic E-state index is -4.74. The monoisotopic (exact) mass is 635 g/mol. The predicted octanol–water partition coefficient (Wildman–Crippen LogP) is 3.19. The number of hydrogen-bond acceptors (Lipinski definition) is 7. The summed E-state index contributed by atoms with van der Waals surface area (Å²) in [6, 6.07) is 2.76. The summed E-state index contributed by atoms with van der Waals surface area (Å²) in [5.41, 5.74) is -0.430. The van der Waals surface area contributed by atoms with Gasteiger partial charge in [0.05, 0.1) is 23.0 Å². The minimum Gasteiger partial charge on any atom is -0.339 e. The number of nitrogens with zero attached hydrogens (tertiary/aromatic N) is 7. The van der Waals surface area contributed by atoms with E-state index in [1.807, 2.05) is 4.90 Å². The zero-order chi connectivity index (χ0) is 32.3. The van der Waals surface area contributed by atoms with E-state index in [0.717, 1.165) is 17.8 Å². The number of fused-ring (bicyclic) bond motifs is 2. The van der Waals surface area contributed by atoms with Crippen LogP contribution < -0.4 is 10.6 Å². The van der Waals surface area contributed by atoms with Crippen molar-refractivity contribution in [3.63, 3.8) is 0 Å². The summed E-state index contributed by atoms with van der Waals surface area (Å²) < 4.78 is 59.4. The van der Waals surface area contributed by atoms with Gasteiger partial charge in [0.15, 0.2) is 17.2 Å². The van der Waals surface area contributed by atoms with Gasteiger partial charge in [0.2, 0.25) is 5.91 Å². The quantitative estimate of drug-likeness (QED) is 0.247. The standard InChI is InChI=1S/C31H29F4N9O2/c1-3-5-43-16-21(26(40-43)31(33,34)35)23-15-38-28-27(37-4-6-44(23)28)39-18-11-17(2)24(22(32)12-18)29(45)41-7-9-42(10-8-41)30(46)25-19-13-36-14-20(19)25/h1,4,6,11-12,15-16,19-20,25,36H,5,7-10,13-14H2,2H3,(H,37,39)/t19-,20+,25+. The van der Waals surface area contributed by atoms with E-state index < -0.39 is 23.6 Å². The second-order valence-corrected chi connectivity index (χ2v) is 11.8. The van der Waals surface area contributed by atoms with E-state index in [1.165, 1.54) is 35.3 Å². The Bertz CT molecular complexity index is 1870. The fourth-order valence-electron chi connectivity index (χ4n) is 6.71. The zero-order valence-corrected chi connectivity index (χ0v) is 24.7. The third-order valence-corrected chi connectivity index (χ3v) is 9.01. The van der Waals surface area contributed by atoms with Crippen molar-refractivity contribution in [3.05, 3.63) is 59.6 Å². The summed E-state index contributed by atoms with van der Waals surface area (Å²) >= 11 is 0. The smallest absolute Gasteiger partial charge is 0.339 e. The third-order valence-electron chi connectivity index (χ3n) is 9.01. The number of anilines is 2. The fourth-order valence-corrected chi connectivity index (χ4v) is 6.71. The van der Waals surface area contributed by atoms with Crippen LogP contribution in [0.5, 0.6) is 0 Å². The molecule has 2 amide bonds. The molecule has 3 aliphatic rings. The average molecular weight is 636 g/mol. The number of halogens is 4. The lowest BCUT2D eigenvalue weighted by Gasteiger charge is -2.35. The third kappa shape index (κ3) is 5.12. The number of terminal acetylenes is 1. The first kappa shape index (κ1) is 29.7. The van der Waals surface area contributed by atoms with Crippen LogP contribution in [-0.4, -0.2) is 85.0 Å². The first-order valence-corrected chi connectivity index (χ1v) is 14.8. The Morgan fingerprint density at radius 2 is 1.83 bits per heavy atom. The molecule has 0 radical (unpaired) electrons. The molecule has 11 nitrogen and oxygen atoms in total. The first-order chi connectivity index (χ1) is 22.0. The molecule has 7 rings (SSSR count). The summed E-state index contributed by atoms with van der Waals surface area (Å²) in [5, 5.41) is 9.89. The van der Waals surface area contributed by atoms with Gasteiger partial charge in [-0.25, -0.2) is 14.4 Å². The van der Waals surface area contributed by atoms with Gasteiger partial charge in [0.25, 0.3) is 5.91 Å². The molecule has 1 aromatic carbocycles. The number of rotatable bonds is 6. The lowest BCUT2D eigenvalue weighted by Crippen LogP contribution is -2.51. The number of benzene rings is 1. The number of amides is 2. The number of carbonyl (C=O) groups excluding carboxylic acids is 2. The highest BCUT2D eigenvalue weighted by molar-refractivity contribution is 5.97. The summed E-state index contributed by atoms with van der Waals surface area (Å²) in [6.45, 7) is 4.67. The largest absolute Gasteiger partial charge is 0.435 e. The molecule has 238 valence electrons. The van der Waals surface area contributed by atoms with Gasteiger partial charge in [-0.15, -0.1) is 6.42 Å². The number of aromatic nitrogens is 5. The van der Waals surface area contributed by atoms with E-state index in [1.54, 1.807) is 17.9 Å². The van der Waals surface area contributed by atoms with Crippen LogP contribution in [0.1, 0.15) is 21.6 Å². The van der Waals surface area contributed by atoms with Crippen molar-refractivity contribution in [2.75, 3.05) is 44.6 Å². The molecule has 3 fully saturated rings. The van der Waals surface area contributed by atoms with Crippen LogP contribution in [0.15, 0.2) is 36.9 Å². The normalized spacial score (nSPS) is 20.9. The highest BCUT2D eigenvalue weighted by Crippen LogP contribution is 2.49. The van der Waals surface area contributed by atoms with Crippen molar-refractivity contribution in [1.82, 2.24) is 39.3 Å². The highest BCUT2D eigenvalue weighted by Gasteiger charge is 2.58. The van der Waals surface area contributed by atoms with Crippen molar-refractivity contribution in [1.29, 1.82) is 0 Å². The number of alkyl halides is 3. The molecule has 46 heavy (non-hydrogen) atoms. The van der Waals surface area contributed by atoms with E-state index in [9.17, 15) is 22.8 Å². The molecule has 3 atom stereocenters. The van der Waals surface area contributed by atoms with Crippen LogP contribution in [0.2, 0.25) is 0 Å². The van der Waals surface area contributed by atoms with Gasteiger partial charge in [0, 0.05) is 56.4 Å². The van der Waals surface area contributed by atoms with Crippen LogP contribution in [0, 0.1) is 42.8 Å². The van der Waals surface area contributed by atoms with Gasteiger partial charge >= 0.3 is 6.18 Å². The van der Waals surface area contributed by atoms with Gasteiger partial charge < -0.3 is 20.4 Å². The Labute approximate surface area is 260 Å². The Morgan fingerprint density at radius 3 is 2.50 bits per heavy atom. The van der Waals surface area contributed by atoms with E-state index >= 15 is 4.39 Å². The van der Waals surface area contributed by atoms with Gasteiger partial charge in [-0.05, 0) is 49.5 Å². The second-order valence-electron chi connectivity index (χ2n) is 11.8. The second kappa shape index (κ2) is 11.1. The maximum absolute atomic E-state index is 15.5. The Morgan fingerprint density at radius 1 is 1.11 bits per heavy atom. The van der Waals surface area contributed by atoms with Crippen LogP contribution in [-0.2, 0) is 17.5 Å². The molecule has 2 aliphatic heterocycles. The molecular formula is C31H29F4N9O2. The number of piperazine rings is 1. The molecule has 0 bridgehead atoms. The summed E-state index contributed by atoms with van der Waals surface area (Å²) in [6.07, 6.45) is 5.83.